The number of nitrogens with zero attached hydrogens (tertiary/aromatic N) is 2. The summed E-state index contributed by atoms with van der Waals surface area (Å²) < 4.78 is 30.2. The summed E-state index contributed by atoms with van der Waals surface area (Å²) in [5.74, 6) is 1.07. The van der Waals surface area contributed by atoms with Crippen molar-refractivity contribution in [3.05, 3.63) is 53.7 Å². The van der Waals surface area contributed by atoms with Crippen molar-refractivity contribution < 1.29 is 23.1 Å². The Morgan fingerprint density at radius 2 is 1.87 bits per heavy atom. The molecular weight excluding hydrogens is 387 g/mol. The molecule has 0 radical (unpaired) electrons. The van der Waals surface area contributed by atoms with E-state index in [0.29, 0.717) is 17.3 Å². The van der Waals surface area contributed by atoms with Crippen LogP contribution in [-0.4, -0.2) is 60.1 Å². The average molecular weight is 416 g/mol. The van der Waals surface area contributed by atoms with Gasteiger partial charge >= 0.3 is 0 Å². The number of hydrogen-bond acceptors (Lipinski definition) is 5. The van der Waals surface area contributed by atoms with Crippen LogP contribution in [0.2, 0.25) is 0 Å². The van der Waals surface area contributed by atoms with Gasteiger partial charge in [-0.3, -0.25) is 9.69 Å². The fourth-order valence-electron chi connectivity index (χ4n) is 4.42. The van der Waals surface area contributed by atoms with Gasteiger partial charge < -0.3 is 18.8 Å². The third kappa shape index (κ3) is 5.02. The van der Waals surface area contributed by atoms with Crippen LogP contribution in [0, 0.1) is 5.82 Å². The molecule has 0 bridgehead atoms. The van der Waals surface area contributed by atoms with Gasteiger partial charge in [-0.05, 0) is 63.1 Å². The molecule has 2 saturated heterocycles. The van der Waals surface area contributed by atoms with Crippen LogP contribution in [0.25, 0.3) is 0 Å². The average Bonchev–Trinajstić information content (AvgIpc) is 3.36. The van der Waals surface area contributed by atoms with Crippen molar-refractivity contribution in [3.8, 4) is 5.75 Å². The van der Waals surface area contributed by atoms with E-state index in [1.165, 1.54) is 12.1 Å². The molecule has 6 nitrogen and oxygen atoms in total. The van der Waals surface area contributed by atoms with E-state index in [9.17, 15) is 9.18 Å². The predicted octanol–water partition coefficient (Wildman–Crippen LogP) is 3.71. The SMILES string of the molecule is CC1CN(CC2CCCN2C(=O)c2ccc(COc3ccc(F)cc3)o2)CC(C)O1. The van der Waals surface area contributed by atoms with Crippen LogP contribution in [0.3, 0.4) is 0 Å². The highest BCUT2D eigenvalue weighted by molar-refractivity contribution is 5.92. The van der Waals surface area contributed by atoms with Crippen LogP contribution in [0.15, 0.2) is 40.8 Å². The van der Waals surface area contributed by atoms with Crippen LogP contribution in [0.4, 0.5) is 4.39 Å². The number of halogens is 1. The number of carbonyl (C=O) groups excluding carboxylic acids is 1. The number of morpholine rings is 1. The summed E-state index contributed by atoms with van der Waals surface area (Å²) >= 11 is 0. The summed E-state index contributed by atoms with van der Waals surface area (Å²) in [5.41, 5.74) is 0. The van der Waals surface area contributed by atoms with E-state index in [2.05, 4.69) is 18.7 Å². The van der Waals surface area contributed by atoms with E-state index in [4.69, 9.17) is 13.9 Å². The summed E-state index contributed by atoms with van der Waals surface area (Å²) in [6.07, 6.45) is 2.45. The third-order valence-corrected chi connectivity index (χ3v) is 5.67. The fraction of sp³-hybridized carbons (Fsp3) is 0.522. The van der Waals surface area contributed by atoms with Crippen molar-refractivity contribution in [2.75, 3.05) is 26.2 Å². The Hall–Kier alpha value is -2.38. The maximum absolute atomic E-state index is 13.1. The number of ether oxygens (including phenoxy) is 2. The molecule has 162 valence electrons. The smallest absolute Gasteiger partial charge is 0.289 e. The maximum atomic E-state index is 13.1. The van der Waals surface area contributed by atoms with E-state index >= 15 is 0 Å². The molecule has 3 unspecified atom stereocenters. The molecule has 2 aromatic rings. The fourth-order valence-corrected chi connectivity index (χ4v) is 4.42. The highest BCUT2D eigenvalue weighted by Crippen LogP contribution is 2.24. The Morgan fingerprint density at radius 3 is 2.60 bits per heavy atom. The second kappa shape index (κ2) is 9.18. The lowest BCUT2D eigenvalue weighted by molar-refractivity contribution is -0.0715. The number of likely N-dealkylation sites (tertiary alicyclic amines) is 1. The first kappa shape index (κ1) is 20.9. The second-order valence-corrected chi connectivity index (χ2v) is 8.28. The zero-order chi connectivity index (χ0) is 21.1. The molecule has 0 N–H and O–H groups in total. The standard InChI is InChI=1S/C23H29FN2O4/c1-16-12-25(13-17(2)29-16)14-19-4-3-11-26(19)23(27)22-10-9-21(30-22)15-28-20-7-5-18(24)6-8-20/h5-10,16-17,19H,3-4,11-15H2,1-2H3. The molecule has 0 saturated carbocycles. The lowest BCUT2D eigenvalue weighted by Crippen LogP contribution is -2.50. The van der Waals surface area contributed by atoms with Gasteiger partial charge in [0.05, 0.1) is 12.2 Å². The summed E-state index contributed by atoms with van der Waals surface area (Å²) in [7, 11) is 0. The first-order valence-electron chi connectivity index (χ1n) is 10.6. The number of hydrogen-bond donors (Lipinski definition) is 0. The molecule has 7 heteroatoms. The van der Waals surface area contributed by atoms with Gasteiger partial charge in [0.2, 0.25) is 0 Å². The van der Waals surface area contributed by atoms with Gasteiger partial charge in [0, 0.05) is 32.2 Å². The minimum Gasteiger partial charge on any atom is -0.486 e. The van der Waals surface area contributed by atoms with Gasteiger partial charge in [-0.1, -0.05) is 0 Å². The number of benzene rings is 1. The van der Waals surface area contributed by atoms with Crippen molar-refractivity contribution in [1.82, 2.24) is 9.80 Å². The number of carbonyl (C=O) groups is 1. The van der Waals surface area contributed by atoms with E-state index < -0.39 is 0 Å². The Bertz CT molecular complexity index is 843. The number of furan rings is 1. The van der Waals surface area contributed by atoms with Crippen LogP contribution >= 0.6 is 0 Å². The Kier molecular flexibility index (Phi) is 6.39. The van der Waals surface area contributed by atoms with Crippen molar-refractivity contribution in [1.29, 1.82) is 0 Å². The molecule has 4 rings (SSSR count). The van der Waals surface area contributed by atoms with Crippen LogP contribution < -0.4 is 4.74 Å². The Labute approximate surface area is 176 Å². The van der Waals surface area contributed by atoms with E-state index in [-0.39, 0.29) is 36.6 Å². The largest absolute Gasteiger partial charge is 0.486 e. The summed E-state index contributed by atoms with van der Waals surface area (Å²) in [5, 5.41) is 0. The first-order valence-corrected chi connectivity index (χ1v) is 10.6. The van der Waals surface area contributed by atoms with Gasteiger partial charge in [-0.25, -0.2) is 4.39 Å². The third-order valence-electron chi connectivity index (χ3n) is 5.67. The van der Waals surface area contributed by atoms with E-state index in [1.54, 1.807) is 24.3 Å². The lowest BCUT2D eigenvalue weighted by atomic mass is 10.1. The monoisotopic (exact) mass is 416 g/mol. The zero-order valence-corrected chi connectivity index (χ0v) is 17.6. The van der Waals surface area contributed by atoms with Crippen molar-refractivity contribution >= 4 is 5.91 Å². The Morgan fingerprint density at radius 1 is 1.13 bits per heavy atom. The topological polar surface area (TPSA) is 55.2 Å². The normalized spacial score (nSPS) is 24.9. The van der Waals surface area contributed by atoms with Gasteiger partial charge in [-0.15, -0.1) is 0 Å². The lowest BCUT2D eigenvalue weighted by Gasteiger charge is -2.38. The highest BCUT2D eigenvalue weighted by Gasteiger charge is 2.34. The molecular formula is C23H29FN2O4. The molecule has 30 heavy (non-hydrogen) atoms. The molecule has 3 atom stereocenters. The van der Waals surface area contributed by atoms with E-state index in [1.807, 2.05) is 4.90 Å². The molecule has 1 aromatic heterocycles. The molecule has 0 spiro atoms. The quantitative estimate of drug-likeness (QED) is 0.719. The van der Waals surface area contributed by atoms with Crippen LogP contribution in [0.5, 0.6) is 5.75 Å². The molecule has 1 aromatic carbocycles. The number of amides is 1. The summed E-state index contributed by atoms with van der Waals surface area (Å²) in [6.45, 7) is 7.79. The molecule has 1 amide bonds. The molecule has 0 aliphatic carbocycles. The maximum Gasteiger partial charge on any atom is 0.289 e. The molecule has 2 aliphatic heterocycles. The van der Waals surface area contributed by atoms with Crippen molar-refractivity contribution in [3.63, 3.8) is 0 Å². The molecule has 2 fully saturated rings. The second-order valence-electron chi connectivity index (χ2n) is 8.28. The van der Waals surface area contributed by atoms with Gasteiger partial charge in [-0.2, -0.15) is 0 Å². The van der Waals surface area contributed by atoms with Gasteiger partial charge in [0.25, 0.3) is 5.91 Å². The van der Waals surface area contributed by atoms with Gasteiger partial charge in [0.15, 0.2) is 5.76 Å². The zero-order valence-electron chi connectivity index (χ0n) is 17.6. The van der Waals surface area contributed by atoms with Crippen molar-refractivity contribution in [2.24, 2.45) is 0 Å². The molecule has 3 heterocycles. The first-order chi connectivity index (χ1) is 14.5. The summed E-state index contributed by atoms with van der Waals surface area (Å²) in [6, 6.07) is 9.47. The summed E-state index contributed by atoms with van der Waals surface area (Å²) in [4.78, 5) is 17.4. The van der Waals surface area contributed by atoms with Crippen LogP contribution in [0.1, 0.15) is 43.0 Å². The Balaban J connectivity index is 1.34. The minimum absolute atomic E-state index is 0.0695. The number of rotatable bonds is 6. The van der Waals surface area contributed by atoms with Gasteiger partial charge in [0.1, 0.15) is 23.9 Å². The van der Waals surface area contributed by atoms with Crippen molar-refractivity contribution in [2.45, 2.75) is 51.5 Å². The predicted molar refractivity (Wildman–Crippen MR) is 110 cm³/mol. The minimum atomic E-state index is -0.311. The molecule has 2 aliphatic rings. The highest BCUT2D eigenvalue weighted by atomic mass is 19.1. The van der Waals surface area contributed by atoms with Crippen LogP contribution in [-0.2, 0) is 11.3 Å². The van der Waals surface area contributed by atoms with E-state index in [0.717, 1.165) is 39.0 Å².